The number of hydrogen-bond donors (Lipinski definition) is 1. The number of thioether (sulfide) groups is 1. The molecule has 4 rings (SSSR count). The highest BCUT2D eigenvalue weighted by Gasteiger charge is 2.22. The van der Waals surface area contributed by atoms with Crippen LogP contribution in [0.5, 0.6) is 0 Å². The maximum absolute atomic E-state index is 13.5. The van der Waals surface area contributed by atoms with Gasteiger partial charge in [0, 0.05) is 6.54 Å². The Morgan fingerprint density at radius 3 is 2.56 bits per heavy atom. The molecule has 8 heteroatoms. The Kier molecular flexibility index (Phi) is 6.06. The summed E-state index contributed by atoms with van der Waals surface area (Å²) in [6.45, 7) is 10.6. The van der Waals surface area contributed by atoms with Crippen LogP contribution in [0, 0.1) is 19.8 Å². The van der Waals surface area contributed by atoms with E-state index in [-0.39, 0.29) is 16.7 Å². The molecular formula is C24H27N5O2S. The summed E-state index contributed by atoms with van der Waals surface area (Å²) in [6, 6.07) is 13.4. The molecule has 0 aliphatic heterocycles. The summed E-state index contributed by atoms with van der Waals surface area (Å²) in [4.78, 5) is 26.0. The van der Waals surface area contributed by atoms with Crippen molar-refractivity contribution in [2.75, 3.05) is 6.54 Å². The van der Waals surface area contributed by atoms with Crippen LogP contribution in [-0.4, -0.2) is 36.9 Å². The Morgan fingerprint density at radius 1 is 1.09 bits per heavy atom. The molecule has 2 aromatic carbocycles. The van der Waals surface area contributed by atoms with Gasteiger partial charge in [0.2, 0.25) is 11.7 Å². The van der Waals surface area contributed by atoms with Crippen LogP contribution < -0.4 is 10.9 Å². The van der Waals surface area contributed by atoms with Crippen LogP contribution in [0.4, 0.5) is 0 Å². The molecule has 1 unspecified atom stereocenters. The third kappa shape index (κ3) is 4.02. The van der Waals surface area contributed by atoms with Crippen LogP contribution in [0.25, 0.3) is 22.4 Å². The Morgan fingerprint density at radius 2 is 1.84 bits per heavy atom. The molecule has 0 aliphatic carbocycles. The molecule has 0 radical (unpaired) electrons. The molecule has 0 bridgehead atoms. The van der Waals surface area contributed by atoms with Crippen molar-refractivity contribution < 1.29 is 4.79 Å². The molecule has 0 aliphatic rings. The Hall–Kier alpha value is -3.13. The summed E-state index contributed by atoms with van der Waals surface area (Å²) in [6.07, 6.45) is 0. The maximum Gasteiger partial charge on any atom is 0.267 e. The van der Waals surface area contributed by atoms with Gasteiger partial charge in [-0.2, -0.15) is 0 Å². The van der Waals surface area contributed by atoms with Gasteiger partial charge in [-0.1, -0.05) is 55.4 Å². The van der Waals surface area contributed by atoms with Gasteiger partial charge < -0.3 is 5.32 Å². The number of nitrogens with zero attached hydrogens (tertiary/aromatic N) is 4. The number of aromatic nitrogens is 4. The summed E-state index contributed by atoms with van der Waals surface area (Å²) >= 11 is 1.33. The highest BCUT2D eigenvalue weighted by atomic mass is 32.2. The van der Waals surface area contributed by atoms with Gasteiger partial charge in [-0.3, -0.25) is 14.0 Å². The Bertz CT molecular complexity index is 1370. The minimum absolute atomic E-state index is 0.0487. The normalized spacial score (nSPS) is 12.6. The van der Waals surface area contributed by atoms with Crippen LogP contribution >= 0.6 is 11.8 Å². The molecule has 1 atom stereocenters. The van der Waals surface area contributed by atoms with Crippen molar-refractivity contribution in [2.24, 2.45) is 5.92 Å². The maximum atomic E-state index is 13.5. The van der Waals surface area contributed by atoms with Crippen LogP contribution in [0.3, 0.4) is 0 Å². The van der Waals surface area contributed by atoms with E-state index in [0.29, 0.717) is 28.8 Å². The molecular weight excluding hydrogens is 422 g/mol. The first kappa shape index (κ1) is 22.1. The summed E-state index contributed by atoms with van der Waals surface area (Å²) in [5, 5.41) is 12.5. The van der Waals surface area contributed by atoms with Crippen molar-refractivity contribution >= 4 is 34.3 Å². The number of benzene rings is 2. The number of carbonyl (C=O) groups is 1. The van der Waals surface area contributed by atoms with E-state index in [9.17, 15) is 9.59 Å². The second-order valence-corrected chi connectivity index (χ2v) is 9.77. The van der Waals surface area contributed by atoms with Gasteiger partial charge in [-0.25, -0.2) is 4.57 Å². The molecule has 0 spiro atoms. The monoisotopic (exact) mass is 449 g/mol. The minimum atomic E-state index is -0.360. The molecule has 4 aromatic rings. The van der Waals surface area contributed by atoms with E-state index in [1.54, 1.807) is 4.57 Å². The van der Waals surface area contributed by atoms with Gasteiger partial charge in [0.25, 0.3) is 5.56 Å². The average Bonchev–Trinajstić information content (AvgIpc) is 3.16. The third-order valence-corrected chi connectivity index (χ3v) is 6.37. The van der Waals surface area contributed by atoms with Gasteiger partial charge in [0.05, 0.1) is 21.8 Å². The summed E-state index contributed by atoms with van der Waals surface area (Å²) in [7, 11) is 0. The van der Waals surface area contributed by atoms with E-state index in [1.165, 1.54) is 11.8 Å². The van der Waals surface area contributed by atoms with Crippen LogP contribution in [-0.2, 0) is 4.79 Å². The summed E-state index contributed by atoms with van der Waals surface area (Å²) < 4.78 is 3.48. The lowest BCUT2D eigenvalue weighted by Gasteiger charge is -2.15. The molecule has 0 saturated carbocycles. The van der Waals surface area contributed by atoms with E-state index in [0.717, 1.165) is 22.3 Å². The van der Waals surface area contributed by atoms with Crippen LogP contribution in [0.2, 0.25) is 0 Å². The fourth-order valence-electron chi connectivity index (χ4n) is 3.69. The topological polar surface area (TPSA) is 81.3 Å². The zero-order chi connectivity index (χ0) is 23.0. The molecule has 1 N–H and O–H groups in total. The number of aryl methyl sites for hydroxylation is 2. The van der Waals surface area contributed by atoms with Crippen molar-refractivity contribution in [3.8, 4) is 5.69 Å². The van der Waals surface area contributed by atoms with Crippen molar-refractivity contribution in [2.45, 2.75) is 45.0 Å². The number of carbonyl (C=O) groups excluding carboxylic acids is 1. The number of nitrogens with one attached hydrogen (secondary N) is 1. The molecule has 0 fully saturated rings. The lowest BCUT2D eigenvalue weighted by Crippen LogP contribution is -2.33. The first-order valence-electron chi connectivity index (χ1n) is 10.7. The second kappa shape index (κ2) is 8.78. The first-order valence-corrected chi connectivity index (χ1v) is 11.6. The fraction of sp³-hybridized carbons (Fsp3) is 0.333. The Labute approximate surface area is 190 Å². The van der Waals surface area contributed by atoms with Gasteiger partial charge >= 0.3 is 0 Å². The SMILES string of the molecule is Cc1ccc(-n2c(=O)c3ccccc3n3c(SC(C)C(=O)NCC(C)C)nnc23)c(C)c1. The van der Waals surface area contributed by atoms with Gasteiger partial charge in [-0.15, -0.1) is 10.2 Å². The highest BCUT2D eigenvalue weighted by Crippen LogP contribution is 2.27. The zero-order valence-corrected chi connectivity index (χ0v) is 19.7. The van der Waals surface area contributed by atoms with Gasteiger partial charge in [-0.05, 0) is 50.5 Å². The highest BCUT2D eigenvalue weighted by molar-refractivity contribution is 8.00. The van der Waals surface area contributed by atoms with Crippen LogP contribution in [0.1, 0.15) is 31.9 Å². The fourth-order valence-corrected chi connectivity index (χ4v) is 4.57. The van der Waals surface area contributed by atoms with E-state index in [2.05, 4.69) is 29.4 Å². The lowest BCUT2D eigenvalue weighted by atomic mass is 10.1. The molecule has 166 valence electrons. The number of hydrogen-bond acceptors (Lipinski definition) is 5. The predicted molar refractivity (Wildman–Crippen MR) is 129 cm³/mol. The number of amides is 1. The van der Waals surface area contributed by atoms with Crippen molar-refractivity contribution in [1.82, 2.24) is 24.5 Å². The first-order chi connectivity index (χ1) is 15.3. The summed E-state index contributed by atoms with van der Waals surface area (Å²) in [5.74, 6) is 0.756. The van der Waals surface area contributed by atoms with E-state index < -0.39 is 0 Å². The number of para-hydroxylation sites is 1. The number of fused-ring (bicyclic) bond motifs is 3. The van der Waals surface area contributed by atoms with Crippen molar-refractivity contribution in [3.05, 3.63) is 63.9 Å². The molecule has 2 heterocycles. The third-order valence-electron chi connectivity index (χ3n) is 5.32. The summed E-state index contributed by atoms with van der Waals surface area (Å²) in [5.41, 5.74) is 3.43. The van der Waals surface area contributed by atoms with Crippen LogP contribution in [0.15, 0.2) is 52.4 Å². The smallest absolute Gasteiger partial charge is 0.267 e. The van der Waals surface area contributed by atoms with E-state index in [4.69, 9.17) is 0 Å². The quantitative estimate of drug-likeness (QED) is 0.452. The van der Waals surface area contributed by atoms with E-state index >= 15 is 0 Å². The molecule has 32 heavy (non-hydrogen) atoms. The van der Waals surface area contributed by atoms with Crippen molar-refractivity contribution in [1.29, 1.82) is 0 Å². The molecule has 0 saturated heterocycles. The molecule has 2 aromatic heterocycles. The van der Waals surface area contributed by atoms with Gasteiger partial charge in [0.1, 0.15) is 0 Å². The second-order valence-electron chi connectivity index (χ2n) is 8.46. The Balaban J connectivity index is 1.88. The van der Waals surface area contributed by atoms with E-state index in [1.807, 2.05) is 67.6 Å². The van der Waals surface area contributed by atoms with Crippen molar-refractivity contribution in [3.63, 3.8) is 0 Å². The zero-order valence-electron chi connectivity index (χ0n) is 18.9. The average molecular weight is 450 g/mol. The minimum Gasteiger partial charge on any atom is -0.355 e. The largest absolute Gasteiger partial charge is 0.355 e. The number of rotatable bonds is 6. The predicted octanol–water partition coefficient (Wildman–Crippen LogP) is 3.90. The molecule has 1 amide bonds. The van der Waals surface area contributed by atoms with Gasteiger partial charge in [0.15, 0.2) is 5.16 Å². The standard InChI is InChI=1S/C24H27N5O2S/c1-14(2)13-25-21(30)17(5)32-24-27-26-23-28(19-11-10-15(3)12-16(19)4)22(31)18-8-6-7-9-20(18)29(23)24/h6-12,14,17H,13H2,1-5H3,(H,25,30). The molecule has 7 nitrogen and oxygen atoms in total. The lowest BCUT2D eigenvalue weighted by molar-refractivity contribution is -0.120.